The van der Waals surface area contributed by atoms with Crippen molar-refractivity contribution < 1.29 is 4.57 Å². The molecule has 5 heteroatoms. The van der Waals surface area contributed by atoms with E-state index in [-0.39, 0.29) is 4.57 Å². The van der Waals surface area contributed by atoms with E-state index in [1.165, 1.54) is 0 Å². The highest BCUT2D eigenvalue weighted by atomic mass is 79.9. The molecular weight excluding hydrogens is 222 g/mol. The predicted molar refractivity (Wildman–Crippen MR) is 37.7 cm³/mol. The van der Waals surface area contributed by atoms with Crippen LogP contribution < -0.4 is 0 Å². The van der Waals surface area contributed by atoms with E-state index in [0.29, 0.717) is 0 Å². The molecule has 0 aromatic heterocycles. The standard InChI is InChI=1S/C2H4BrCl2OP/c1-2(3)7(4,5)6/h2H,1H3/t2-/m0/s1. The predicted octanol–water partition coefficient (Wildman–Crippen LogP) is 3.40. The molecule has 1 atom stereocenters. The lowest BCUT2D eigenvalue weighted by atomic mass is 11.0. The average Bonchev–Trinajstić information content (AvgIpc) is 1.31. The van der Waals surface area contributed by atoms with Gasteiger partial charge in [0.25, 0.3) is 5.85 Å². The zero-order chi connectivity index (χ0) is 6.08. The van der Waals surface area contributed by atoms with E-state index in [4.69, 9.17) is 22.5 Å². The summed E-state index contributed by atoms with van der Waals surface area (Å²) in [7, 11) is 0. The van der Waals surface area contributed by atoms with E-state index in [9.17, 15) is 4.57 Å². The molecule has 0 radical (unpaired) electrons. The van der Waals surface area contributed by atoms with E-state index < -0.39 is 5.85 Å². The minimum Gasteiger partial charge on any atom is -0.288 e. The highest BCUT2D eigenvalue weighted by Crippen LogP contribution is 2.62. The molecule has 0 saturated carbocycles. The van der Waals surface area contributed by atoms with Crippen LogP contribution in [-0.4, -0.2) is 4.57 Å². The van der Waals surface area contributed by atoms with Crippen molar-refractivity contribution in [3.05, 3.63) is 0 Å². The van der Waals surface area contributed by atoms with Crippen molar-refractivity contribution in [1.82, 2.24) is 0 Å². The molecule has 0 aliphatic rings. The minimum absolute atomic E-state index is 0.302. The van der Waals surface area contributed by atoms with Gasteiger partial charge < -0.3 is 0 Å². The topological polar surface area (TPSA) is 17.1 Å². The van der Waals surface area contributed by atoms with Crippen LogP contribution in [0.2, 0.25) is 0 Å². The SMILES string of the molecule is C[C@@H](Br)P(=O)(Cl)Cl. The van der Waals surface area contributed by atoms with Gasteiger partial charge in [0.2, 0.25) is 0 Å². The Labute approximate surface area is 60.5 Å². The van der Waals surface area contributed by atoms with Gasteiger partial charge in [-0.3, -0.25) is 4.57 Å². The van der Waals surface area contributed by atoms with Crippen molar-refractivity contribution in [2.24, 2.45) is 0 Å². The van der Waals surface area contributed by atoms with Crippen LogP contribution >= 0.6 is 44.3 Å². The van der Waals surface area contributed by atoms with Crippen LogP contribution in [-0.2, 0) is 4.57 Å². The molecule has 0 aromatic rings. The molecule has 0 amide bonds. The average molecular weight is 226 g/mol. The fraction of sp³-hybridized carbons (Fsp3) is 1.00. The molecule has 0 rings (SSSR count). The second kappa shape index (κ2) is 2.72. The Morgan fingerprint density at radius 2 is 1.86 bits per heavy atom. The molecule has 0 bridgehead atoms. The fourth-order valence-corrected chi connectivity index (χ4v) is 0. The first-order valence-corrected chi connectivity index (χ1v) is 6.08. The van der Waals surface area contributed by atoms with Crippen molar-refractivity contribution in [3.8, 4) is 0 Å². The van der Waals surface area contributed by atoms with Crippen LogP contribution in [0.1, 0.15) is 6.92 Å². The third-order valence-electron chi connectivity index (χ3n) is 0.414. The van der Waals surface area contributed by atoms with Gasteiger partial charge in [0.15, 0.2) is 0 Å². The fourth-order valence-electron chi connectivity index (χ4n) is 0. The van der Waals surface area contributed by atoms with Crippen molar-refractivity contribution >= 4 is 44.3 Å². The Morgan fingerprint density at radius 3 is 1.86 bits per heavy atom. The zero-order valence-electron chi connectivity index (χ0n) is 3.57. The first-order valence-electron chi connectivity index (χ1n) is 1.57. The second-order valence-electron chi connectivity index (χ2n) is 1.08. The number of halogens is 3. The summed E-state index contributed by atoms with van der Waals surface area (Å²) in [5.41, 5.74) is 0. The Kier molecular flexibility index (Phi) is 3.23. The first-order chi connectivity index (χ1) is 2.94. The molecule has 1 nitrogen and oxygen atoms in total. The molecule has 0 aliphatic heterocycles. The summed E-state index contributed by atoms with van der Waals surface area (Å²) in [5.74, 6) is -2.88. The summed E-state index contributed by atoms with van der Waals surface area (Å²) in [4.78, 5) is 0. The van der Waals surface area contributed by atoms with Crippen LogP contribution in [0, 0.1) is 0 Å². The van der Waals surface area contributed by atoms with E-state index in [2.05, 4.69) is 15.9 Å². The van der Waals surface area contributed by atoms with Gasteiger partial charge in [0, 0.05) is 0 Å². The smallest absolute Gasteiger partial charge is 0.266 e. The Morgan fingerprint density at radius 1 is 1.71 bits per heavy atom. The molecule has 0 aromatic carbocycles. The molecule has 44 valence electrons. The Bertz CT molecular complexity index is 97.9. The van der Waals surface area contributed by atoms with Gasteiger partial charge in [0.05, 0.1) is 4.57 Å². The summed E-state index contributed by atoms with van der Waals surface area (Å²) in [6.07, 6.45) is 0. The van der Waals surface area contributed by atoms with Crippen molar-refractivity contribution in [2.75, 3.05) is 0 Å². The normalized spacial score (nSPS) is 16.6. The van der Waals surface area contributed by atoms with Gasteiger partial charge in [-0.05, 0) is 29.4 Å². The molecule has 0 spiro atoms. The minimum atomic E-state index is -2.88. The molecule has 0 aliphatic carbocycles. The molecule has 0 fully saturated rings. The van der Waals surface area contributed by atoms with Crippen molar-refractivity contribution in [1.29, 1.82) is 0 Å². The maximum absolute atomic E-state index is 10.4. The third-order valence-corrected chi connectivity index (χ3v) is 6.14. The van der Waals surface area contributed by atoms with Gasteiger partial charge >= 0.3 is 0 Å². The quantitative estimate of drug-likeness (QED) is 0.494. The molecule has 0 unspecified atom stereocenters. The first kappa shape index (κ1) is 8.29. The lowest BCUT2D eigenvalue weighted by molar-refractivity contribution is 0.592. The zero-order valence-corrected chi connectivity index (χ0v) is 7.56. The molecule has 0 saturated heterocycles. The van der Waals surface area contributed by atoms with Crippen molar-refractivity contribution in [2.45, 2.75) is 11.5 Å². The maximum atomic E-state index is 10.4. The van der Waals surface area contributed by atoms with Crippen LogP contribution in [0.5, 0.6) is 0 Å². The van der Waals surface area contributed by atoms with E-state index in [1.54, 1.807) is 6.92 Å². The number of alkyl halides is 1. The number of rotatable bonds is 1. The van der Waals surface area contributed by atoms with E-state index in [0.717, 1.165) is 0 Å². The summed E-state index contributed by atoms with van der Waals surface area (Å²) < 4.78 is 10.1. The lowest BCUT2D eigenvalue weighted by Gasteiger charge is -2.00. The number of hydrogen-bond donors (Lipinski definition) is 0. The van der Waals surface area contributed by atoms with E-state index >= 15 is 0 Å². The monoisotopic (exact) mass is 224 g/mol. The van der Waals surface area contributed by atoms with Gasteiger partial charge in [-0.15, -0.1) is 0 Å². The molecule has 7 heavy (non-hydrogen) atoms. The maximum Gasteiger partial charge on any atom is 0.266 e. The highest BCUT2D eigenvalue weighted by Gasteiger charge is 2.19. The number of hydrogen-bond acceptors (Lipinski definition) is 1. The van der Waals surface area contributed by atoms with Gasteiger partial charge in [-0.1, -0.05) is 15.9 Å². The Hall–Kier alpha value is 1.29. The van der Waals surface area contributed by atoms with E-state index in [1.807, 2.05) is 0 Å². The summed E-state index contributed by atoms with van der Waals surface area (Å²) in [5, 5.41) is 0. The van der Waals surface area contributed by atoms with Crippen molar-refractivity contribution in [3.63, 3.8) is 0 Å². The van der Waals surface area contributed by atoms with Crippen LogP contribution in [0.4, 0.5) is 0 Å². The van der Waals surface area contributed by atoms with Crippen LogP contribution in [0.25, 0.3) is 0 Å². The summed E-state index contributed by atoms with van der Waals surface area (Å²) in [6, 6.07) is 0. The second-order valence-corrected chi connectivity index (χ2v) is 8.47. The van der Waals surface area contributed by atoms with Gasteiger partial charge in [0.1, 0.15) is 0 Å². The lowest BCUT2D eigenvalue weighted by Crippen LogP contribution is -1.77. The summed E-state index contributed by atoms with van der Waals surface area (Å²) >= 11 is 13.3. The highest BCUT2D eigenvalue weighted by molar-refractivity contribution is 9.11. The van der Waals surface area contributed by atoms with Gasteiger partial charge in [-0.25, -0.2) is 0 Å². The Balaban J connectivity index is 3.80. The molecule has 0 heterocycles. The van der Waals surface area contributed by atoms with Crippen LogP contribution in [0.15, 0.2) is 0 Å². The molecule has 0 N–H and O–H groups in total. The van der Waals surface area contributed by atoms with Crippen LogP contribution in [0.3, 0.4) is 0 Å². The summed E-state index contributed by atoms with van der Waals surface area (Å²) in [6.45, 7) is 1.64. The van der Waals surface area contributed by atoms with Gasteiger partial charge in [-0.2, -0.15) is 0 Å². The molecular formula is C2H4BrCl2OP. The third kappa shape index (κ3) is 3.84. The largest absolute Gasteiger partial charge is 0.288 e.